The molecule has 0 radical (unpaired) electrons. The van der Waals surface area contributed by atoms with Crippen LogP contribution in [0, 0.1) is 0 Å². The molecule has 0 unspecified atom stereocenters. The predicted octanol–water partition coefficient (Wildman–Crippen LogP) is -0.210. The van der Waals surface area contributed by atoms with E-state index in [2.05, 4.69) is 0 Å². The number of nitrogens with two attached hydrogens (primary N) is 1. The lowest BCUT2D eigenvalue weighted by Gasteiger charge is -1.96. The molecule has 1 rings (SSSR count). The number of imidazole rings is 1. The zero-order valence-electron chi connectivity index (χ0n) is 5.78. The number of rotatable bonds is 1. The van der Waals surface area contributed by atoms with E-state index >= 15 is 0 Å². The zero-order chi connectivity index (χ0) is 6.85. The molecule has 0 saturated heterocycles. The van der Waals surface area contributed by atoms with Gasteiger partial charge in [0.15, 0.2) is 0 Å². The van der Waals surface area contributed by atoms with Gasteiger partial charge in [0.2, 0.25) is 6.33 Å². The third kappa shape index (κ3) is 1.29. The molecule has 9 heavy (non-hydrogen) atoms. The number of hydrogen-bond acceptors (Lipinski definition) is 1. The van der Waals surface area contributed by atoms with E-state index in [9.17, 15) is 0 Å². The maximum atomic E-state index is 5.58. The Hall–Kier alpha value is -0.830. The molecule has 0 fully saturated rings. The molecule has 50 valence electrons. The lowest BCUT2D eigenvalue weighted by molar-refractivity contribution is -0.671. The van der Waals surface area contributed by atoms with Crippen LogP contribution in [0.25, 0.3) is 0 Å². The molecule has 0 aliphatic heterocycles. The van der Waals surface area contributed by atoms with Gasteiger partial charge >= 0.3 is 0 Å². The quantitative estimate of drug-likeness (QED) is 0.519. The van der Waals surface area contributed by atoms with Crippen LogP contribution in [-0.2, 0) is 7.05 Å². The fourth-order valence-corrected chi connectivity index (χ4v) is 0.710. The summed E-state index contributed by atoms with van der Waals surface area (Å²) in [7, 11) is 1.97. The molecule has 0 aliphatic carbocycles. The van der Waals surface area contributed by atoms with Gasteiger partial charge in [0.1, 0.15) is 18.6 Å². The number of aromatic nitrogens is 2. The molecular weight excluding hydrogens is 114 g/mol. The highest BCUT2D eigenvalue weighted by atomic mass is 15.2. The van der Waals surface area contributed by atoms with Crippen molar-refractivity contribution < 1.29 is 4.57 Å². The molecule has 2 N–H and O–H groups in total. The highest BCUT2D eigenvalue weighted by Gasteiger charge is 2.02. The molecule has 3 nitrogen and oxygen atoms in total. The molecule has 1 aromatic rings. The lowest BCUT2D eigenvalue weighted by atomic mass is 10.6. The summed E-state index contributed by atoms with van der Waals surface area (Å²) in [6, 6.07) is 0. The monoisotopic (exact) mass is 126 g/mol. The molecule has 0 amide bonds. The Morgan fingerprint density at radius 2 is 2.33 bits per heavy atom. The van der Waals surface area contributed by atoms with Crippen molar-refractivity contribution in [1.82, 2.24) is 4.57 Å². The minimum absolute atomic E-state index is 0.0752. The lowest BCUT2D eigenvalue weighted by Crippen LogP contribution is -2.25. The van der Waals surface area contributed by atoms with E-state index in [1.165, 1.54) is 0 Å². The third-order valence-corrected chi connectivity index (χ3v) is 1.26. The highest BCUT2D eigenvalue weighted by molar-refractivity contribution is 4.68. The molecule has 3 heteroatoms. The first-order valence-electron chi connectivity index (χ1n) is 2.98. The normalized spacial score (nSPS) is 13.7. The Morgan fingerprint density at radius 1 is 1.67 bits per heavy atom. The van der Waals surface area contributed by atoms with Gasteiger partial charge in [-0.3, -0.25) is 5.73 Å². The second-order valence-electron chi connectivity index (χ2n) is 2.27. The van der Waals surface area contributed by atoms with E-state index in [0.717, 1.165) is 0 Å². The van der Waals surface area contributed by atoms with Crippen LogP contribution in [0.4, 0.5) is 0 Å². The summed E-state index contributed by atoms with van der Waals surface area (Å²) in [6.07, 6.45) is 5.94. The molecule has 1 heterocycles. The van der Waals surface area contributed by atoms with E-state index in [0.29, 0.717) is 0 Å². The van der Waals surface area contributed by atoms with Gasteiger partial charge in [-0.1, -0.05) is 0 Å². The van der Waals surface area contributed by atoms with Crippen molar-refractivity contribution in [2.75, 3.05) is 0 Å². The standard InChI is InChI=1S/C6H12N3/c1-6(7)9-4-3-8(2)5-9/h3-6H,7H2,1-2H3/q+1/t6-/m0/s1. The van der Waals surface area contributed by atoms with Crippen LogP contribution in [0.5, 0.6) is 0 Å². The second-order valence-corrected chi connectivity index (χ2v) is 2.27. The number of hydrogen-bond donors (Lipinski definition) is 1. The average Bonchev–Trinajstić information content (AvgIpc) is 2.14. The number of nitrogens with zero attached hydrogens (tertiary/aromatic N) is 2. The smallest absolute Gasteiger partial charge is 0.244 e. The van der Waals surface area contributed by atoms with Crippen molar-refractivity contribution in [2.45, 2.75) is 13.1 Å². The molecule has 0 bridgehead atoms. The Kier molecular flexibility index (Phi) is 1.53. The van der Waals surface area contributed by atoms with Crippen molar-refractivity contribution in [2.24, 2.45) is 12.8 Å². The van der Waals surface area contributed by atoms with Gasteiger partial charge in [0.25, 0.3) is 0 Å². The summed E-state index contributed by atoms with van der Waals surface area (Å²) in [5, 5.41) is 0. The first-order valence-corrected chi connectivity index (χ1v) is 2.98. The van der Waals surface area contributed by atoms with Crippen LogP contribution >= 0.6 is 0 Å². The second kappa shape index (κ2) is 2.19. The van der Waals surface area contributed by atoms with Crippen LogP contribution in [0.3, 0.4) is 0 Å². The minimum atomic E-state index is 0.0752. The van der Waals surface area contributed by atoms with Gasteiger partial charge in [-0.05, 0) is 6.92 Å². The molecule has 0 spiro atoms. The van der Waals surface area contributed by atoms with Gasteiger partial charge in [0, 0.05) is 0 Å². The fraction of sp³-hybridized carbons (Fsp3) is 0.500. The van der Waals surface area contributed by atoms with Crippen LogP contribution in [0.15, 0.2) is 18.7 Å². The Labute approximate surface area is 54.7 Å². The van der Waals surface area contributed by atoms with Gasteiger partial charge in [-0.25, -0.2) is 9.13 Å². The van der Waals surface area contributed by atoms with Crippen LogP contribution < -0.4 is 10.3 Å². The van der Waals surface area contributed by atoms with Crippen molar-refractivity contribution in [1.29, 1.82) is 0 Å². The molecule has 1 aromatic heterocycles. The Bertz CT molecular complexity index is 190. The van der Waals surface area contributed by atoms with E-state index in [1.54, 1.807) is 0 Å². The Balaban J connectivity index is 2.85. The topological polar surface area (TPSA) is 34.8 Å². The van der Waals surface area contributed by atoms with Gasteiger partial charge in [0.05, 0.1) is 7.05 Å². The third-order valence-electron chi connectivity index (χ3n) is 1.26. The first kappa shape index (κ1) is 6.29. The summed E-state index contributed by atoms with van der Waals surface area (Å²) >= 11 is 0. The van der Waals surface area contributed by atoms with Crippen LogP contribution in [0.1, 0.15) is 13.1 Å². The van der Waals surface area contributed by atoms with Crippen molar-refractivity contribution in [3.05, 3.63) is 18.7 Å². The summed E-state index contributed by atoms with van der Waals surface area (Å²) in [5.74, 6) is 0. The van der Waals surface area contributed by atoms with Crippen molar-refractivity contribution >= 4 is 0 Å². The summed E-state index contributed by atoms with van der Waals surface area (Å²) in [6.45, 7) is 1.94. The van der Waals surface area contributed by atoms with E-state index in [4.69, 9.17) is 5.73 Å². The number of aryl methyl sites for hydroxylation is 1. The van der Waals surface area contributed by atoms with E-state index in [-0.39, 0.29) is 6.17 Å². The fourth-order valence-electron chi connectivity index (χ4n) is 0.710. The highest BCUT2D eigenvalue weighted by Crippen LogP contribution is 1.91. The summed E-state index contributed by atoms with van der Waals surface area (Å²) in [5.41, 5.74) is 5.58. The summed E-state index contributed by atoms with van der Waals surface area (Å²) < 4.78 is 3.91. The molecule has 0 saturated carbocycles. The first-order chi connectivity index (χ1) is 4.20. The maximum absolute atomic E-state index is 5.58. The SMILES string of the molecule is C[C@@H](N)n1cc[n+](C)c1. The van der Waals surface area contributed by atoms with Gasteiger partial charge < -0.3 is 0 Å². The Morgan fingerprint density at radius 3 is 2.56 bits per heavy atom. The molecule has 0 aliphatic rings. The van der Waals surface area contributed by atoms with Gasteiger partial charge in [-0.15, -0.1) is 0 Å². The van der Waals surface area contributed by atoms with Crippen LogP contribution in [0.2, 0.25) is 0 Å². The summed E-state index contributed by atoms with van der Waals surface area (Å²) in [4.78, 5) is 0. The maximum Gasteiger partial charge on any atom is 0.244 e. The van der Waals surface area contributed by atoms with Crippen molar-refractivity contribution in [3.8, 4) is 0 Å². The van der Waals surface area contributed by atoms with Crippen LogP contribution in [-0.4, -0.2) is 4.57 Å². The van der Waals surface area contributed by atoms with Crippen molar-refractivity contribution in [3.63, 3.8) is 0 Å². The zero-order valence-corrected chi connectivity index (χ0v) is 5.78. The largest absolute Gasteiger partial charge is 0.293 e. The molecular formula is C6H12N3+. The average molecular weight is 126 g/mol. The minimum Gasteiger partial charge on any atom is -0.293 e. The van der Waals surface area contributed by atoms with Gasteiger partial charge in [-0.2, -0.15) is 0 Å². The molecule has 1 atom stereocenters. The van der Waals surface area contributed by atoms with E-state index in [1.807, 2.05) is 41.8 Å². The van der Waals surface area contributed by atoms with E-state index < -0.39 is 0 Å². The predicted molar refractivity (Wildman–Crippen MR) is 34.5 cm³/mol. The molecule has 0 aromatic carbocycles.